The highest BCUT2D eigenvalue weighted by molar-refractivity contribution is 7.98. The van der Waals surface area contributed by atoms with Crippen LogP contribution in [0, 0.1) is 6.92 Å². The van der Waals surface area contributed by atoms with Crippen LogP contribution >= 0.6 is 35.0 Å². The highest BCUT2D eigenvalue weighted by atomic mass is 35.5. The first-order chi connectivity index (χ1) is 21.1. The summed E-state index contributed by atoms with van der Waals surface area (Å²) in [5, 5.41) is 15.4. The zero-order valence-electron chi connectivity index (χ0n) is 23.3. The molecule has 5 aromatic rings. The van der Waals surface area contributed by atoms with Gasteiger partial charge in [0.15, 0.2) is 11.0 Å². The van der Waals surface area contributed by atoms with E-state index in [1.54, 1.807) is 22.8 Å². The summed E-state index contributed by atoms with van der Waals surface area (Å²) in [4.78, 5) is 13.3. The van der Waals surface area contributed by atoms with E-state index in [1.807, 2.05) is 55.5 Å². The molecule has 0 aliphatic rings. The van der Waals surface area contributed by atoms with Gasteiger partial charge in [-0.15, -0.1) is 10.2 Å². The van der Waals surface area contributed by atoms with Crippen LogP contribution in [0.1, 0.15) is 34.1 Å². The van der Waals surface area contributed by atoms with E-state index in [2.05, 4.69) is 26.9 Å². The fourth-order valence-electron chi connectivity index (χ4n) is 4.65. The van der Waals surface area contributed by atoms with Crippen LogP contribution in [0.3, 0.4) is 0 Å². The second-order valence-corrected chi connectivity index (χ2v) is 11.7. The van der Waals surface area contributed by atoms with Gasteiger partial charge in [0, 0.05) is 17.2 Å². The number of anilines is 1. The lowest BCUT2D eigenvalue weighted by Gasteiger charge is -2.22. The topological polar surface area (TPSA) is 71.8 Å². The van der Waals surface area contributed by atoms with Crippen molar-refractivity contribution in [2.45, 2.75) is 36.5 Å². The minimum Gasteiger partial charge on any atom is -0.327 e. The Morgan fingerprint density at radius 3 is 2.36 bits per heavy atom. The largest absolute Gasteiger partial charge is 0.418 e. The highest BCUT2D eigenvalue weighted by Crippen LogP contribution is 2.36. The van der Waals surface area contributed by atoms with E-state index < -0.39 is 23.8 Å². The Bertz CT molecular complexity index is 1760. The molecule has 1 atom stereocenters. The molecule has 0 fully saturated rings. The van der Waals surface area contributed by atoms with Crippen LogP contribution in [0.2, 0.25) is 10.0 Å². The molecule has 5 rings (SSSR count). The summed E-state index contributed by atoms with van der Waals surface area (Å²) in [6.07, 6.45) is -4.39. The lowest BCUT2D eigenvalue weighted by Crippen LogP contribution is -2.35. The first-order valence-corrected chi connectivity index (χ1v) is 15.2. The van der Waals surface area contributed by atoms with Crippen LogP contribution in [0.4, 0.5) is 23.7 Å². The molecule has 6 nitrogen and oxygen atoms in total. The van der Waals surface area contributed by atoms with Gasteiger partial charge in [-0.3, -0.25) is 4.57 Å². The Morgan fingerprint density at radius 1 is 0.909 bits per heavy atom. The monoisotopic (exact) mass is 655 g/mol. The number of nitrogens with one attached hydrogen (secondary N) is 2. The molecule has 1 aromatic heterocycles. The van der Waals surface area contributed by atoms with E-state index in [1.165, 1.54) is 30.0 Å². The molecule has 12 heteroatoms. The molecule has 4 aromatic carbocycles. The minimum absolute atomic E-state index is 0.265. The number of para-hydroxylation sites is 1. The Labute approximate surface area is 266 Å². The number of rotatable bonds is 9. The fourth-order valence-corrected chi connectivity index (χ4v) is 6.04. The second-order valence-electron chi connectivity index (χ2n) is 9.93. The Kier molecular flexibility index (Phi) is 9.83. The Hall–Kier alpha value is -3.99. The molecule has 0 aliphatic heterocycles. The number of alkyl halides is 3. The number of nitrogens with zero attached hydrogens (tertiary/aromatic N) is 3. The van der Waals surface area contributed by atoms with E-state index in [4.69, 9.17) is 23.2 Å². The van der Waals surface area contributed by atoms with Crippen LogP contribution in [0.15, 0.2) is 102 Å². The number of amides is 2. The number of urea groups is 1. The van der Waals surface area contributed by atoms with Crippen LogP contribution in [0.25, 0.3) is 5.69 Å². The predicted molar refractivity (Wildman–Crippen MR) is 169 cm³/mol. The van der Waals surface area contributed by atoms with Crippen LogP contribution in [-0.4, -0.2) is 20.8 Å². The van der Waals surface area contributed by atoms with Crippen LogP contribution < -0.4 is 10.6 Å². The van der Waals surface area contributed by atoms with Gasteiger partial charge in [-0.05, 0) is 48.4 Å². The molecule has 0 saturated heterocycles. The zero-order chi connectivity index (χ0) is 31.3. The SMILES string of the molecule is Cc1cccc(CSc2nnc(C(Cc3ccccc3)NC(=O)Nc3ccccc3C(F)(F)F)n2-c2ccc(Cl)cc2Cl)c1. The number of aryl methyl sites for hydroxylation is 1. The third-order valence-electron chi connectivity index (χ3n) is 6.64. The third-order valence-corrected chi connectivity index (χ3v) is 8.18. The van der Waals surface area contributed by atoms with E-state index in [0.29, 0.717) is 32.5 Å². The normalized spacial score (nSPS) is 12.1. The van der Waals surface area contributed by atoms with Gasteiger partial charge < -0.3 is 10.6 Å². The number of thioether (sulfide) groups is 1. The van der Waals surface area contributed by atoms with E-state index in [-0.39, 0.29) is 12.1 Å². The number of halogens is 5. The van der Waals surface area contributed by atoms with Crippen molar-refractivity contribution in [2.24, 2.45) is 0 Å². The summed E-state index contributed by atoms with van der Waals surface area (Å²) in [7, 11) is 0. The lowest BCUT2D eigenvalue weighted by atomic mass is 10.1. The molecule has 2 amide bonds. The van der Waals surface area contributed by atoms with Gasteiger partial charge in [0.1, 0.15) is 0 Å². The molecule has 44 heavy (non-hydrogen) atoms. The zero-order valence-corrected chi connectivity index (χ0v) is 25.6. The number of carbonyl (C=O) groups is 1. The third kappa shape index (κ3) is 7.74. The first kappa shape index (κ1) is 31.4. The van der Waals surface area contributed by atoms with Gasteiger partial charge >= 0.3 is 12.2 Å². The van der Waals surface area contributed by atoms with Gasteiger partial charge in [-0.2, -0.15) is 13.2 Å². The van der Waals surface area contributed by atoms with Crippen molar-refractivity contribution in [2.75, 3.05) is 5.32 Å². The number of benzene rings is 4. The van der Waals surface area contributed by atoms with Crippen molar-refractivity contribution in [3.8, 4) is 5.69 Å². The summed E-state index contributed by atoms with van der Waals surface area (Å²) in [5.41, 5.74) is 2.27. The molecule has 2 N–H and O–H groups in total. The molecular weight excluding hydrogens is 630 g/mol. The summed E-state index contributed by atoms with van der Waals surface area (Å²) < 4.78 is 42.6. The highest BCUT2D eigenvalue weighted by Gasteiger charge is 2.34. The van der Waals surface area contributed by atoms with E-state index >= 15 is 0 Å². The molecule has 226 valence electrons. The summed E-state index contributed by atoms with van der Waals surface area (Å²) in [6.45, 7) is 2.01. The minimum atomic E-state index is -4.65. The molecule has 0 bridgehead atoms. The van der Waals surface area contributed by atoms with Crippen LogP contribution in [0.5, 0.6) is 0 Å². The maximum Gasteiger partial charge on any atom is 0.418 e. The van der Waals surface area contributed by atoms with Crippen molar-refractivity contribution < 1.29 is 18.0 Å². The van der Waals surface area contributed by atoms with Crippen LogP contribution in [-0.2, 0) is 18.3 Å². The molecule has 0 radical (unpaired) electrons. The Morgan fingerprint density at radius 2 is 1.64 bits per heavy atom. The summed E-state index contributed by atoms with van der Waals surface area (Å²) in [5.74, 6) is 0.917. The quantitative estimate of drug-likeness (QED) is 0.155. The van der Waals surface area contributed by atoms with Crippen molar-refractivity contribution in [3.05, 3.63) is 135 Å². The smallest absolute Gasteiger partial charge is 0.327 e. The molecular formula is C32H26Cl2F3N5OS. The van der Waals surface area contributed by atoms with Gasteiger partial charge in [0.2, 0.25) is 0 Å². The molecule has 1 heterocycles. The fraction of sp³-hybridized carbons (Fsp3) is 0.156. The first-order valence-electron chi connectivity index (χ1n) is 13.5. The standard InChI is InChI=1S/C32H26Cl2F3N5OS/c1-20-8-7-11-22(16-20)19-44-31-41-40-29(42(31)28-15-14-23(33)18-25(28)34)27(17-21-9-3-2-4-10-21)39-30(43)38-26-13-6-5-12-24(26)32(35,36)37/h2-16,18,27H,17,19H2,1H3,(H2,38,39,43). The average Bonchev–Trinajstić information content (AvgIpc) is 3.39. The van der Waals surface area contributed by atoms with Crippen molar-refractivity contribution in [3.63, 3.8) is 0 Å². The summed E-state index contributed by atoms with van der Waals surface area (Å²) >= 11 is 14.3. The average molecular weight is 657 g/mol. The maximum absolute atomic E-state index is 13.6. The van der Waals surface area contributed by atoms with Crippen molar-refractivity contribution in [1.29, 1.82) is 0 Å². The molecule has 0 saturated carbocycles. The van der Waals surface area contributed by atoms with Crippen molar-refractivity contribution >= 4 is 46.7 Å². The number of aromatic nitrogens is 3. The second kappa shape index (κ2) is 13.8. The van der Waals surface area contributed by atoms with Gasteiger partial charge in [-0.25, -0.2) is 4.79 Å². The lowest BCUT2D eigenvalue weighted by molar-refractivity contribution is -0.136. The van der Waals surface area contributed by atoms with Gasteiger partial charge in [-0.1, -0.05) is 107 Å². The van der Waals surface area contributed by atoms with Gasteiger partial charge in [0.05, 0.1) is 28.0 Å². The molecule has 0 aliphatic carbocycles. The number of hydrogen-bond acceptors (Lipinski definition) is 4. The van der Waals surface area contributed by atoms with Crippen molar-refractivity contribution in [1.82, 2.24) is 20.1 Å². The maximum atomic E-state index is 13.6. The molecule has 1 unspecified atom stereocenters. The van der Waals surface area contributed by atoms with E-state index in [9.17, 15) is 18.0 Å². The number of carbonyl (C=O) groups excluding carboxylic acids is 1. The predicted octanol–water partition coefficient (Wildman–Crippen LogP) is 9.30. The Balaban J connectivity index is 1.53. The summed E-state index contributed by atoms with van der Waals surface area (Å²) in [6, 6.07) is 25.6. The van der Waals surface area contributed by atoms with E-state index in [0.717, 1.165) is 22.8 Å². The number of hydrogen-bond donors (Lipinski definition) is 2. The van der Waals surface area contributed by atoms with Gasteiger partial charge in [0.25, 0.3) is 0 Å². The molecule has 0 spiro atoms.